The van der Waals surface area contributed by atoms with E-state index in [0.717, 1.165) is 0 Å². The highest BCUT2D eigenvalue weighted by Crippen LogP contribution is 2.22. The van der Waals surface area contributed by atoms with Crippen LogP contribution in [0.4, 0.5) is 0 Å². The van der Waals surface area contributed by atoms with E-state index in [1.807, 2.05) is 0 Å². The zero-order valence-corrected chi connectivity index (χ0v) is 9.52. The molecule has 1 aromatic carbocycles. The largest absolute Gasteiger partial charge is 0.456 e. The zero-order chi connectivity index (χ0) is 12.3. The minimum absolute atomic E-state index is 0.202. The second-order valence-corrected chi connectivity index (χ2v) is 3.74. The summed E-state index contributed by atoms with van der Waals surface area (Å²) >= 11 is 5.75. The van der Waals surface area contributed by atoms with Crippen molar-refractivity contribution in [3.8, 4) is 11.5 Å². The monoisotopic (exact) mass is 248 g/mol. The molecule has 0 aliphatic rings. The van der Waals surface area contributed by atoms with Gasteiger partial charge in [0.25, 0.3) is 5.91 Å². The molecule has 1 amide bonds. The van der Waals surface area contributed by atoms with E-state index in [9.17, 15) is 4.79 Å². The van der Waals surface area contributed by atoms with Crippen molar-refractivity contribution in [2.75, 3.05) is 0 Å². The number of pyridine rings is 1. The van der Waals surface area contributed by atoms with E-state index in [1.165, 1.54) is 12.3 Å². The quantitative estimate of drug-likeness (QED) is 0.908. The number of primary amides is 1. The molecular formula is C12H9ClN2O2. The fraction of sp³-hybridized carbons (Fsp3) is 0. The van der Waals surface area contributed by atoms with Gasteiger partial charge in [-0.25, -0.2) is 4.98 Å². The van der Waals surface area contributed by atoms with Crippen LogP contribution in [0.2, 0.25) is 5.02 Å². The van der Waals surface area contributed by atoms with Gasteiger partial charge >= 0.3 is 0 Å². The fourth-order valence-electron chi connectivity index (χ4n) is 1.23. The SMILES string of the molecule is NC(=O)c1ccc(Oc2ccc(Cl)cc2)cn1. The maximum Gasteiger partial charge on any atom is 0.267 e. The molecule has 5 heteroatoms. The van der Waals surface area contributed by atoms with Gasteiger partial charge in [-0.2, -0.15) is 0 Å². The minimum Gasteiger partial charge on any atom is -0.456 e. The molecule has 2 N–H and O–H groups in total. The Balaban J connectivity index is 2.13. The number of nitrogens with zero attached hydrogens (tertiary/aromatic N) is 1. The molecule has 1 aromatic heterocycles. The van der Waals surface area contributed by atoms with Crippen LogP contribution in [-0.2, 0) is 0 Å². The van der Waals surface area contributed by atoms with E-state index in [1.54, 1.807) is 30.3 Å². The normalized spacial score (nSPS) is 9.94. The zero-order valence-electron chi connectivity index (χ0n) is 8.76. The standard InChI is InChI=1S/C12H9ClN2O2/c13-8-1-3-9(4-2-8)17-10-5-6-11(12(14)16)15-7-10/h1-7H,(H2,14,16). The molecule has 0 aliphatic carbocycles. The van der Waals surface area contributed by atoms with Crippen LogP contribution < -0.4 is 10.5 Å². The summed E-state index contributed by atoms with van der Waals surface area (Å²) in [5.74, 6) is 0.600. The Kier molecular flexibility index (Phi) is 3.25. The highest BCUT2D eigenvalue weighted by molar-refractivity contribution is 6.30. The van der Waals surface area contributed by atoms with Crippen molar-refractivity contribution in [3.63, 3.8) is 0 Å². The van der Waals surface area contributed by atoms with Crippen molar-refractivity contribution in [2.45, 2.75) is 0 Å². The summed E-state index contributed by atoms with van der Waals surface area (Å²) in [5.41, 5.74) is 5.28. The van der Waals surface area contributed by atoms with Gasteiger partial charge in [-0.1, -0.05) is 11.6 Å². The molecule has 0 unspecified atom stereocenters. The fourth-order valence-corrected chi connectivity index (χ4v) is 1.35. The van der Waals surface area contributed by atoms with Gasteiger partial charge < -0.3 is 10.5 Å². The average Bonchev–Trinajstić information content (AvgIpc) is 2.33. The van der Waals surface area contributed by atoms with Crippen molar-refractivity contribution < 1.29 is 9.53 Å². The van der Waals surface area contributed by atoms with Crippen molar-refractivity contribution >= 4 is 17.5 Å². The van der Waals surface area contributed by atoms with E-state index in [0.29, 0.717) is 16.5 Å². The summed E-state index contributed by atoms with van der Waals surface area (Å²) in [5, 5.41) is 0.638. The predicted molar refractivity (Wildman–Crippen MR) is 64.3 cm³/mol. The molecular weight excluding hydrogens is 240 g/mol. The van der Waals surface area contributed by atoms with Gasteiger partial charge in [0, 0.05) is 5.02 Å². The van der Waals surface area contributed by atoms with Crippen LogP contribution in [0, 0.1) is 0 Å². The molecule has 0 saturated heterocycles. The first-order valence-corrected chi connectivity index (χ1v) is 5.22. The van der Waals surface area contributed by atoms with Gasteiger partial charge in [0.05, 0.1) is 6.20 Å². The number of ether oxygens (including phenoxy) is 1. The van der Waals surface area contributed by atoms with Gasteiger partial charge in [0.15, 0.2) is 0 Å². The Labute approximate surface area is 103 Å². The Hall–Kier alpha value is -2.07. The Morgan fingerprint density at radius 2 is 1.76 bits per heavy atom. The van der Waals surface area contributed by atoms with Gasteiger partial charge in [0.1, 0.15) is 17.2 Å². The molecule has 0 aliphatic heterocycles. The predicted octanol–water partition coefficient (Wildman–Crippen LogP) is 2.63. The van der Waals surface area contributed by atoms with Crippen LogP contribution in [-0.4, -0.2) is 10.9 Å². The van der Waals surface area contributed by atoms with Gasteiger partial charge in [-0.05, 0) is 36.4 Å². The maximum absolute atomic E-state index is 10.8. The molecule has 86 valence electrons. The van der Waals surface area contributed by atoms with E-state index in [-0.39, 0.29) is 5.69 Å². The third kappa shape index (κ3) is 2.95. The molecule has 17 heavy (non-hydrogen) atoms. The number of hydrogen-bond acceptors (Lipinski definition) is 3. The van der Waals surface area contributed by atoms with Crippen molar-refractivity contribution in [3.05, 3.63) is 53.3 Å². The van der Waals surface area contributed by atoms with E-state index >= 15 is 0 Å². The van der Waals surface area contributed by atoms with Crippen molar-refractivity contribution in [1.82, 2.24) is 4.98 Å². The smallest absolute Gasteiger partial charge is 0.267 e. The Bertz CT molecular complexity index is 523. The van der Waals surface area contributed by atoms with Crippen molar-refractivity contribution in [1.29, 1.82) is 0 Å². The van der Waals surface area contributed by atoms with Crippen LogP contribution in [0.25, 0.3) is 0 Å². The van der Waals surface area contributed by atoms with Crippen molar-refractivity contribution in [2.24, 2.45) is 5.73 Å². The third-order valence-electron chi connectivity index (χ3n) is 2.04. The lowest BCUT2D eigenvalue weighted by Crippen LogP contribution is -2.12. The molecule has 0 fully saturated rings. The van der Waals surface area contributed by atoms with Gasteiger partial charge in [0.2, 0.25) is 0 Å². The lowest BCUT2D eigenvalue weighted by atomic mass is 10.3. The number of carbonyl (C=O) groups excluding carboxylic acids is 1. The molecule has 1 heterocycles. The first-order chi connectivity index (χ1) is 8.15. The summed E-state index contributed by atoms with van der Waals surface area (Å²) in [6.07, 6.45) is 1.44. The topological polar surface area (TPSA) is 65.2 Å². The highest BCUT2D eigenvalue weighted by atomic mass is 35.5. The second-order valence-electron chi connectivity index (χ2n) is 3.30. The molecule has 0 radical (unpaired) electrons. The molecule has 2 aromatic rings. The number of nitrogens with two attached hydrogens (primary N) is 1. The van der Waals surface area contributed by atoms with Gasteiger partial charge in [-0.15, -0.1) is 0 Å². The summed E-state index contributed by atoms with van der Waals surface area (Å²) in [7, 11) is 0. The van der Waals surface area contributed by atoms with E-state index in [4.69, 9.17) is 22.1 Å². The first kappa shape index (κ1) is 11.4. The lowest BCUT2D eigenvalue weighted by Gasteiger charge is -2.05. The summed E-state index contributed by atoms with van der Waals surface area (Å²) in [6, 6.07) is 10.1. The molecule has 0 spiro atoms. The molecule has 0 saturated carbocycles. The summed E-state index contributed by atoms with van der Waals surface area (Å²) in [6.45, 7) is 0. The second kappa shape index (κ2) is 4.84. The van der Waals surface area contributed by atoms with Crippen LogP contribution in [0.3, 0.4) is 0 Å². The lowest BCUT2D eigenvalue weighted by molar-refractivity contribution is 0.0995. The third-order valence-corrected chi connectivity index (χ3v) is 2.29. The summed E-state index contributed by atoms with van der Waals surface area (Å²) < 4.78 is 5.49. The number of rotatable bonds is 3. The Morgan fingerprint density at radius 3 is 2.29 bits per heavy atom. The minimum atomic E-state index is -0.567. The number of halogens is 1. The highest BCUT2D eigenvalue weighted by Gasteiger charge is 2.02. The number of aromatic nitrogens is 1. The van der Waals surface area contributed by atoms with E-state index in [2.05, 4.69) is 4.98 Å². The molecule has 0 atom stereocenters. The average molecular weight is 249 g/mol. The first-order valence-electron chi connectivity index (χ1n) is 4.84. The van der Waals surface area contributed by atoms with Crippen LogP contribution in [0.15, 0.2) is 42.6 Å². The molecule has 2 rings (SSSR count). The number of benzene rings is 1. The van der Waals surface area contributed by atoms with Gasteiger partial charge in [-0.3, -0.25) is 4.79 Å². The van der Waals surface area contributed by atoms with Crippen LogP contribution in [0.5, 0.6) is 11.5 Å². The Morgan fingerprint density at radius 1 is 1.12 bits per heavy atom. The van der Waals surface area contributed by atoms with Crippen LogP contribution >= 0.6 is 11.6 Å². The molecule has 4 nitrogen and oxygen atoms in total. The number of carbonyl (C=O) groups is 1. The van der Waals surface area contributed by atoms with Crippen LogP contribution in [0.1, 0.15) is 10.5 Å². The number of amides is 1. The van der Waals surface area contributed by atoms with E-state index < -0.39 is 5.91 Å². The summed E-state index contributed by atoms with van der Waals surface area (Å²) in [4.78, 5) is 14.7. The number of hydrogen-bond donors (Lipinski definition) is 1. The molecule has 0 bridgehead atoms. The maximum atomic E-state index is 10.8.